The zero-order chi connectivity index (χ0) is 18.3. The molecule has 0 unspecified atom stereocenters. The molecule has 0 saturated carbocycles. The third kappa shape index (κ3) is 3.28. The van der Waals surface area contributed by atoms with Gasteiger partial charge in [0.1, 0.15) is 11.5 Å². The molecule has 1 atom stereocenters. The molecular formula is C20H24N2O4. The van der Waals surface area contributed by atoms with Gasteiger partial charge in [0, 0.05) is 19.9 Å². The lowest BCUT2D eigenvalue weighted by Gasteiger charge is -2.40. The van der Waals surface area contributed by atoms with Crippen LogP contribution in [-0.2, 0) is 17.8 Å². The number of piperidine rings is 1. The number of nitrogens with zero attached hydrogens (tertiary/aromatic N) is 2. The first-order valence-corrected chi connectivity index (χ1v) is 9.01. The van der Waals surface area contributed by atoms with Gasteiger partial charge in [0.2, 0.25) is 12.7 Å². The van der Waals surface area contributed by atoms with Gasteiger partial charge < -0.3 is 18.8 Å². The number of amides is 1. The Morgan fingerprint density at radius 2 is 2.04 bits per heavy atom. The van der Waals surface area contributed by atoms with E-state index in [4.69, 9.17) is 13.9 Å². The molecule has 0 bridgehead atoms. The van der Waals surface area contributed by atoms with Crippen LogP contribution in [0.4, 0.5) is 0 Å². The first-order valence-electron chi connectivity index (χ1n) is 9.01. The van der Waals surface area contributed by atoms with Crippen molar-refractivity contribution in [2.45, 2.75) is 46.6 Å². The number of benzene rings is 1. The van der Waals surface area contributed by atoms with E-state index in [1.54, 1.807) is 0 Å². The van der Waals surface area contributed by atoms with Crippen molar-refractivity contribution in [2.24, 2.45) is 5.41 Å². The molecule has 6 nitrogen and oxygen atoms in total. The maximum atomic E-state index is 12.4. The molecule has 26 heavy (non-hydrogen) atoms. The summed E-state index contributed by atoms with van der Waals surface area (Å²) in [6.45, 7) is 7.49. The van der Waals surface area contributed by atoms with E-state index < -0.39 is 0 Å². The highest BCUT2D eigenvalue weighted by Crippen LogP contribution is 2.38. The molecule has 1 amide bonds. The molecule has 1 fully saturated rings. The fourth-order valence-electron chi connectivity index (χ4n) is 3.93. The smallest absolute Gasteiger partial charge is 0.231 e. The van der Waals surface area contributed by atoms with Gasteiger partial charge >= 0.3 is 0 Å². The third-order valence-corrected chi connectivity index (χ3v) is 5.28. The van der Waals surface area contributed by atoms with Gasteiger partial charge in [0.05, 0.1) is 6.54 Å². The van der Waals surface area contributed by atoms with E-state index in [0.29, 0.717) is 25.4 Å². The predicted molar refractivity (Wildman–Crippen MR) is 95.0 cm³/mol. The second kappa shape index (κ2) is 6.34. The van der Waals surface area contributed by atoms with Crippen LogP contribution in [0.3, 0.4) is 0 Å². The molecule has 1 saturated heterocycles. The van der Waals surface area contributed by atoms with Gasteiger partial charge in [-0.15, -0.1) is 0 Å². The molecule has 2 aliphatic rings. The van der Waals surface area contributed by atoms with Gasteiger partial charge in [-0.1, -0.05) is 13.0 Å². The molecule has 1 aromatic carbocycles. The van der Waals surface area contributed by atoms with Crippen molar-refractivity contribution < 1.29 is 18.7 Å². The Morgan fingerprint density at radius 3 is 2.81 bits per heavy atom. The Bertz CT molecular complexity index is 844. The second-order valence-corrected chi connectivity index (χ2v) is 7.66. The average Bonchev–Trinajstić information content (AvgIpc) is 3.17. The number of likely N-dealkylation sites (tertiary alicyclic amines) is 1. The highest BCUT2D eigenvalue weighted by Gasteiger charge is 2.36. The largest absolute Gasteiger partial charge is 0.454 e. The summed E-state index contributed by atoms with van der Waals surface area (Å²) in [4.78, 5) is 18.8. The van der Waals surface area contributed by atoms with Crippen LogP contribution < -0.4 is 9.47 Å². The van der Waals surface area contributed by atoms with Crippen LogP contribution in [0, 0.1) is 19.3 Å². The summed E-state index contributed by atoms with van der Waals surface area (Å²) in [6.07, 6.45) is 2.34. The summed E-state index contributed by atoms with van der Waals surface area (Å²) in [5.74, 6) is 3.23. The number of ether oxygens (including phenoxy) is 2. The van der Waals surface area contributed by atoms with Crippen molar-refractivity contribution >= 4 is 5.91 Å². The molecule has 3 heterocycles. The van der Waals surface area contributed by atoms with E-state index in [0.717, 1.165) is 35.8 Å². The van der Waals surface area contributed by atoms with Crippen LogP contribution in [0.1, 0.15) is 42.7 Å². The monoisotopic (exact) mass is 356 g/mol. The van der Waals surface area contributed by atoms with Gasteiger partial charge in [0.25, 0.3) is 0 Å². The Labute approximate surface area is 153 Å². The van der Waals surface area contributed by atoms with Crippen molar-refractivity contribution in [1.29, 1.82) is 0 Å². The topological polar surface area (TPSA) is 64.8 Å². The maximum absolute atomic E-state index is 12.4. The van der Waals surface area contributed by atoms with E-state index >= 15 is 0 Å². The van der Waals surface area contributed by atoms with Crippen LogP contribution >= 0.6 is 0 Å². The molecule has 0 aliphatic carbocycles. The predicted octanol–water partition coefficient (Wildman–Crippen LogP) is 3.39. The van der Waals surface area contributed by atoms with E-state index in [9.17, 15) is 4.79 Å². The fraction of sp³-hybridized carbons (Fsp3) is 0.500. The molecule has 138 valence electrons. The summed E-state index contributed by atoms with van der Waals surface area (Å²) >= 11 is 0. The highest BCUT2D eigenvalue weighted by molar-refractivity contribution is 5.77. The number of oxazole rings is 1. The Morgan fingerprint density at radius 1 is 1.23 bits per heavy atom. The third-order valence-electron chi connectivity index (χ3n) is 5.28. The van der Waals surface area contributed by atoms with Crippen molar-refractivity contribution in [3.05, 3.63) is 41.1 Å². The zero-order valence-corrected chi connectivity index (χ0v) is 15.5. The minimum atomic E-state index is 0.0221. The summed E-state index contributed by atoms with van der Waals surface area (Å²) in [6, 6.07) is 6.11. The van der Waals surface area contributed by atoms with Gasteiger partial charge in [-0.05, 0) is 42.9 Å². The van der Waals surface area contributed by atoms with E-state index in [2.05, 4.69) is 24.0 Å². The van der Waals surface area contributed by atoms with Crippen LogP contribution in [0.2, 0.25) is 0 Å². The fourth-order valence-corrected chi connectivity index (χ4v) is 3.93. The molecule has 2 aromatic rings. The Balaban J connectivity index is 1.49. The number of fused-ring (bicyclic) bond motifs is 1. The lowest BCUT2D eigenvalue weighted by atomic mass is 9.76. The van der Waals surface area contributed by atoms with E-state index in [-0.39, 0.29) is 18.1 Å². The molecule has 0 spiro atoms. The standard InChI is InChI=1S/C20H24N2O4/c1-13-16(21-14(2)26-13)10-22-11-20(3,7-6-19(22)23)9-15-4-5-17-18(8-15)25-12-24-17/h4-5,8H,6-7,9-12H2,1-3H3/t20-/m1/s1. The number of aryl methyl sites for hydroxylation is 2. The SMILES string of the molecule is Cc1nc(CN2C[C@@](C)(Cc3ccc4c(c3)OCO4)CCC2=O)c(C)o1. The second-order valence-electron chi connectivity index (χ2n) is 7.66. The summed E-state index contributed by atoms with van der Waals surface area (Å²) in [5.41, 5.74) is 2.08. The molecule has 2 aliphatic heterocycles. The Kier molecular flexibility index (Phi) is 4.13. The van der Waals surface area contributed by atoms with Gasteiger partial charge in [0.15, 0.2) is 17.4 Å². The number of rotatable bonds is 4. The average molecular weight is 356 g/mol. The van der Waals surface area contributed by atoms with Crippen molar-refractivity contribution in [2.75, 3.05) is 13.3 Å². The van der Waals surface area contributed by atoms with Crippen LogP contribution in [0.5, 0.6) is 11.5 Å². The number of hydrogen-bond donors (Lipinski definition) is 0. The summed E-state index contributed by atoms with van der Waals surface area (Å²) in [7, 11) is 0. The molecule has 4 rings (SSSR count). The first kappa shape index (κ1) is 16.9. The number of hydrogen-bond acceptors (Lipinski definition) is 5. The maximum Gasteiger partial charge on any atom is 0.231 e. The van der Waals surface area contributed by atoms with Crippen LogP contribution in [-0.4, -0.2) is 29.1 Å². The lowest BCUT2D eigenvalue weighted by molar-refractivity contribution is -0.138. The first-order chi connectivity index (χ1) is 12.4. The van der Waals surface area contributed by atoms with E-state index in [1.807, 2.05) is 24.8 Å². The number of carbonyl (C=O) groups is 1. The van der Waals surface area contributed by atoms with Gasteiger partial charge in [-0.25, -0.2) is 4.98 Å². The van der Waals surface area contributed by atoms with Gasteiger partial charge in [-0.2, -0.15) is 0 Å². The molecule has 1 aromatic heterocycles. The minimum absolute atomic E-state index is 0.0221. The summed E-state index contributed by atoms with van der Waals surface area (Å²) in [5, 5.41) is 0. The molecule has 0 N–H and O–H groups in total. The van der Waals surface area contributed by atoms with E-state index in [1.165, 1.54) is 5.56 Å². The lowest BCUT2D eigenvalue weighted by Crippen LogP contribution is -2.45. The zero-order valence-electron chi connectivity index (χ0n) is 15.5. The quantitative estimate of drug-likeness (QED) is 0.840. The van der Waals surface area contributed by atoms with Crippen molar-refractivity contribution in [3.8, 4) is 11.5 Å². The number of carbonyl (C=O) groups excluding carboxylic acids is 1. The minimum Gasteiger partial charge on any atom is -0.454 e. The molecule has 0 radical (unpaired) electrons. The van der Waals surface area contributed by atoms with Crippen molar-refractivity contribution in [3.63, 3.8) is 0 Å². The van der Waals surface area contributed by atoms with Crippen LogP contribution in [0.25, 0.3) is 0 Å². The Hall–Kier alpha value is -2.50. The van der Waals surface area contributed by atoms with Crippen LogP contribution in [0.15, 0.2) is 22.6 Å². The van der Waals surface area contributed by atoms with Gasteiger partial charge in [-0.3, -0.25) is 4.79 Å². The number of aromatic nitrogens is 1. The molecule has 6 heteroatoms. The highest BCUT2D eigenvalue weighted by atomic mass is 16.7. The van der Waals surface area contributed by atoms with Crippen molar-refractivity contribution in [1.82, 2.24) is 9.88 Å². The molecular weight excluding hydrogens is 332 g/mol. The normalized spacial score (nSPS) is 22.1. The summed E-state index contributed by atoms with van der Waals surface area (Å²) < 4.78 is 16.4.